The van der Waals surface area contributed by atoms with Crippen molar-refractivity contribution < 1.29 is 4.79 Å². The van der Waals surface area contributed by atoms with Gasteiger partial charge in [0.2, 0.25) is 0 Å². The number of carbonyl (C=O) groups excluding carboxylic acids is 1. The van der Waals surface area contributed by atoms with Crippen LogP contribution in [0.2, 0.25) is 0 Å². The van der Waals surface area contributed by atoms with Crippen LogP contribution in [0.3, 0.4) is 0 Å². The lowest BCUT2D eigenvalue weighted by atomic mass is 11.0. The molecule has 1 radical (unpaired) electrons. The molecule has 0 aliphatic carbocycles. The van der Waals surface area contributed by atoms with Crippen LogP contribution in [-0.2, 0) is 4.79 Å². The van der Waals surface area contributed by atoms with Crippen molar-refractivity contribution in [3.63, 3.8) is 0 Å². The normalized spacial score (nSPS) is 9.00. The van der Waals surface area contributed by atoms with Gasteiger partial charge in [0, 0.05) is 24.3 Å². The molecule has 0 amide bonds. The zero-order chi connectivity index (χ0) is 5.82. The standard InChI is InChI=1S/C4H3N2OS/c7-4-8-6-2-1-5-3-6/h1-3H. The molecule has 8 heavy (non-hydrogen) atoms. The van der Waals surface area contributed by atoms with Crippen molar-refractivity contribution in [3.05, 3.63) is 18.7 Å². The molecule has 0 aliphatic rings. The minimum atomic E-state index is 0.931. The predicted molar refractivity (Wildman–Crippen MR) is 30.9 cm³/mol. The van der Waals surface area contributed by atoms with E-state index in [9.17, 15) is 4.79 Å². The van der Waals surface area contributed by atoms with Gasteiger partial charge in [-0.05, 0) is 0 Å². The first-order valence-corrected chi connectivity index (χ1v) is 2.73. The Bertz CT molecular complexity index is 161. The van der Waals surface area contributed by atoms with E-state index in [-0.39, 0.29) is 0 Å². The number of rotatable bonds is 2. The van der Waals surface area contributed by atoms with E-state index in [1.807, 2.05) is 0 Å². The molecule has 0 saturated carbocycles. The summed E-state index contributed by atoms with van der Waals surface area (Å²) in [5.74, 6) is 0. The highest BCUT2D eigenvalue weighted by Crippen LogP contribution is 1.97. The molecule has 0 saturated heterocycles. The van der Waals surface area contributed by atoms with Gasteiger partial charge in [0.25, 0.3) is 5.62 Å². The van der Waals surface area contributed by atoms with Crippen LogP contribution >= 0.6 is 11.9 Å². The first kappa shape index (κ1) is 5.37. The summed E-state index contributed by atoms with van der Waals surface area (Å²) in [7, 11) is 0. The SMILES string of the molecule is O=[C]Sn1ccnc1. The van der Waals surface area contributed by atoms with E-state index in [1.165, 1.54) is 6.33 Å². The second kappa shape index (κ2) is 2.52. The van der Waals surface area contributed by atoms with Crippen molar-refractivity contribution in [3.8, 4) is 0 Å². The minimum absolute atomic E-state index is 0.931. The predicted octanol–water partition coefficient (Wildman–Crippen LogP) is 0.447. The third kappa shape index (κ3) is 1.10. The van der Waals surface area contributed by atoms with Gasteiger partial charge in [-0.2, -0.15) is 0 Å². The van der Waals surface area contributed by atoms with Crippen molar-refractivity contribution in [1.82, 2.24) is 8.96 Å². The van der Waals surface area contributed by atoms with Gasteiger partial charge >= 0.3 is 0 Å². The van der Waals surface area contributed by atoms with Gasteiger partial charge in [-0.25, -0.2) is 4.98 Å². The van der Waals surface area contributed by atoms with Crippen molar-refractivity contribution >= 4 is 17.6 Å². The Kier molecular flexibility index (Phi) is 1.69. The fourth-order valence-electron chi connectivity index (χ4n) is 0.344. The summed E-state index contributed by atoms with van der Waals surface area (Å²) in [5.41, 5.74) is 1.66. The lowest BCUT2D eigenvalue weighted by molar-refractivity contribution is 0.570. The lowest BCUT2D eigenvalue weighted by Gasteiger charge is -1.84. The maximum atomic E-state index is 9.66. The zero-order valence-electron chi connectivity index (χ0n) is 3.94. The number of hydrogen-bond acceptors (Lipinski definition) is 3. The van der Waals surface area contributed by atoms with Gasteiger partial charge in [0.15, 0.2) is 0 Å². The molecule has 1 rings (SSSR count). The highest BCUT2D eigenvalue weighted by atomic mass is 32.2. The first-order chi connectivity index (χ1) is 3.93. The topological polar surface area (TPSA) is 34.9 Å². The molecule has 3 nitrogen and oxygen atoms in total. The minimum Gasteiger partial charge on any atom is -0.275 e. The highest BCUT2D eigenvalue weighted by Gasteiger charge is 1.84. The van der Waals surface area contributed by atoms with E-state index < -0.39 is 0 Å². The van der Waals surface area contributed by atoms with Crippen LogP contribution in [0.15, 0.2) is 18.7 Å². The van der Waals surface area contributed by atoms with Crippen molar-refractivity contribution in [1.29, 1.82) is 0 Å². The molecule has 0 aromatic carbocycles. The molecular formula is C4H3N2OS. The molecule has 4 heteroatoms. The van der Waals surface area contributed by atoms with Crippen LogP contribution in [0.5, 0.6) is 0 Å². The van der Waals surface area contributed by atoms with Gasteiger partial charge in [0.05, 0.1) is 0 Å². The van der Waals surface area contributed by atoms with Gasteiger partial charge in [0.1, 0.15) is 6.33 Å². The zero-order valence-corrected chi connectivity index (χ0v) is 4.76. The van der Waals surface area contributed by atoms with Crippen LogP contribution in [0.4, 0.5) is 0 Å². The Morgan fingerprint density at radius 3 is 3.12 bits per heavy atom. The fourth-order valence-corrected chi connectivity index (χ4v) is 0.647. The van der Waals surface area contributed by atoms with Crippen LogP contribution in [0, 0.1) is 0 Å². The fraction of sp³-hybridized carbons (Fsp3) is 0. The summed E-state index contributed by atoms with van der Waals surface area (Å²) in [4.78, 5) is 13.4. The number of imidazole rings is 1. The Hall–Kier alpha value is -0.770. The summed E-state index contributed by atoms with van der Waals surface area (Å²) in [6.45, 7) is 0. The average molecular weight is 127 g/mol. The van der Waals surface area contributed by atoms with Crippen LogP contribution in [0.25, 0.3) is 0 Å². The monoisotopic (exact) mass is 127 g/mol. The molecule has 41 valence electrons. The van der Waals surface area contributed by atoms with Crippen molar-refractivity contribution in [2.75, 3.05) is 0 Å². The van der Waals surface area contributed by atoms with Crippen LogP contribution in [0.1, 0.15) is 0 Å². The number of hydrogen-bond donors (Lipinski definition) is 0. The Balaban J connectivity index is 2.62. The maximum Gasteiger partial charge on any atom is 0.288 e. The number of aromatic nitrogens is 2. The van der Waals surface area contributed by atoms with Gasteiger partial charge in [-0.15, -0.1) is 0 Å². The Morgan fingerprint density at radius 2 is 2.62 bits per heavy atom. The van der Waals surface area contributed by atoms with E-state index in [0.717, 1.165) is 11.9 Å². The van der Waals surface area contributed by atoms with Gasteiger partial charge in [-0.1, -0.05) is 0 Å². The summed E-state index contributed by atoms with van der Waals surface area (Å²) >= 11 is 0.931. The summed E-state index contributed by atoms with van der Waals surface area (Å²) in [5, 5.41) is 0. The second-order valence-corrected chi connectivity index (χ2v) is 1.87. The Labute approximate surface area is 50.9 Å². The van der Waals surface area contributed by atoms with E-state index in [1.54, 1.807) is 22.0 Å². The lowest BCUT2D eigenvalue weighted by Crippen LogP contribution is -1.77. The first-order valence-electron chi connectivity index (χ1n) is 1.96. The van der Waals surface area contributed by atoms with E-state index in [2.05, 4.69) is 4.98 Å². The molecular weight excluding hydrogens is 124 g/mol. The average Bonchev–Trinajstić information content (AvgIpc) is 2.19. The van der Waals surface area contributed by atoms with Crippen molar-refractivity contribution in [2.24, 2.45) is 0 Å². The van der Waals surface area contributed by atoms with Crippen molar-refractivity contribution in [2.45, 2.75) is 0 Å². The molecule has 0 aliphatic heterocycles. The third-order valence-corrected chi connectivity index (χ3v) is 1.12. The summed E-state index contributed by atoms with van der Waals surface area (Å²) < 4.78 is 1.56. The summed E-state index contributed by atoms with van der Waals surface area (Å²) in [6, 6.07) is 0. The van der Waals surface area contributed by atoms with Gasteiger partial charge in [-0.3, -0.25) is 8.77 Å². The molecule has 0 spiro atoms. The summed E-state index contributed by atoms with van der Waals surface area (Å²) in [6.07, 6.45) is 4.81. The van der Waals surface area contributed by atoms with Gasteiger partial charge < -0.3 is 0 Å². The van der Waals surface area contributed by atoms with Crippen LogP contribution < -0.4 is 0 Å². The van der Waals surface area contributed by atoms with E-state index >= 15 is 0 Å². The third-order valence-electron chi connectivity index (χ3n) is 0.623. The van der Waals surface area contributed by atoms with E-state index in [0.29, 0.717) is 0 Å². The quantitative estimate of drug-likeness (QED) is 0.578. The molecule has 0 unspecified atom stereocenters. The molecule has 1 aromatic rings. The molecule has 0 atom stereocenters. The molecule has 0 N–H and O–H groups in total. The highest BCUT2D eigenvalue weighted by molar-refractivity contribution is 8.10. The Morgan fingerprint density at radius 1 is 1.75 bits per heavy atom. The molecule has 1 heterocycles. The molecule has 0 bridgehead atoms. The van der Waals surface area contributed by atoms with Crippen LogP contribution in [-0.4, -0.2) is 14.6 Å². The second-order valence-electron chi connectivity index (χ2n) is 1.10. The molecule has 0 fully saturated rings. The molecule has 1 aromatic heterocycles. The number of nitrogens with zero attached hydrogens (tertiary/aromatic N) is 2. The maximum absolute atomic E-state index is 9.66. The largest absolute Gasteiger partial charge is 0.288 e. The smallest absolute Gasteiger partial charge is 0.275 e. The van der Waals surface area contributed by atoms with E-state index in [4.69, 9.17) is 0 Å².